The third kappa shape index (κ3) is 62.0. The molecule has 10 heteroatoms. The van der Waals surface area contributed by atoms with Gasteiger partial charge in [-0.15, -0.1) is 0 Å². The molecule has 0 fully saturated rings. The molecule has 0 aliphatic rings. The summed E-state index contributed by atoms with van der Waals surface area (Å²) in [7, 11) is 1.18. The zero-order chi connectivity index (χ0) is 55.6. The number of carbonyl (C=O) groups is 2. The van der Waals surface area contributed by atoms with E-state index in [1.165, 1.54) is 263 Å². The number of quaternary nitrogens is 1. The van der Waals surface area contributed by atoms with Crippen LogP contribution in [0.5, 0.6) is 0 Å². The van der Waals surface area contributed by atoms with Crippen LogP contribution < -0.4 is 4.89 Å². The van der Waals surface area contributed by atoms with Crippen LogP contribution in [0.25, 0.3) is 0 Å². The van der Waals surface area contributed by atoms with E-state index in [0.717, 1.165) is 51.4 Å². The van der Waals surface area contributed by atoms with Gasteiger partial charge >= 0.3 is 11.9 Å². The van der Waals surface area contributed by atoms with Gasteiger partial charge < -0.3 is 27.9 Å². The fourth-order valence-electron chi connectivity index (χ4n) is 10.1. The molecule has 0 heterocycles. The van der Waals surface area contributed by atoms with Gasteiger partial charge in [-0.2, -0.15) is 0 Å². The van der Waals surface area contributed by atoms with E-state index in [1.54, 1.807) is 0 Å². The molecular weight excluding hydrogens is 966 g/mol. The highest BCUT2D eigenvalue weighted by molar-refractivity contribution is 7.45. The first-order valence-electron chi connectivity index (χ1n) is 33.4. The maximum atomic E-state index is 12.7. The number of rotatable bonds is 63. The van der Waals surface area contributed by atoms with Gasteiger partial charge in [-0.1, -0.05) is 309 Å². The van der Waals surface area contributed by atoms with Crippen LogP contribution in [0, 0.1) is 0 Å². The number of phosphoric acid groups is 1. The summed E-state index contributed by atoms with van der Waals surface area (Å²) in [6.45, 7) is 4.27. The maximum absolute atomic E-state index is 12.7. The van der Waals surface area contributed by atoms with Gasteiger partial charge in [0, 0.05) is 12.8 Å². The number of nitrogens with zero attached hydrogens (tertiary/aromatic N) is 1. The molecule has 0 aromatic heterocycles. The minimum absolute atomic E-state index is 0.0289. The molecule has 2 unspecified atom stereocenters. The van der Waals surface area contributed by atoms with Gasteiger partial charge in [0.05, 0.1) is 27.7 Å². The molecule has 0 N–H and O–H groups in total. The molecule has 9 nitrogen and oxygen atoms in total. The zero-order valence-electron chi connectivity index (χ0n) is 51.5. The largest absolute Gasteiger partial charge is 0.756 e. The number of hydrogen-bond acceptors (Lipinski definition) is 8. The molecule has 2 atom stereocenters. The Kier molecular flexibility index (Phi) is 57.4. The van der Waals surface area contributed by atoms with Crippen molar-refractivity contribution in [3.8, 4) is 0 Å². The Bertz CT molecular complexity index is 1290. The molecule has 0 bridgehead atoms. The van der Waals surface area contributed by atoms with Crippen molar-refractivity contribution in [1.29, 1.82) is 0 Å². The Morgan fingerprint density at radius 2 is 0.671 bits per heavy atom. The van der Waals surface area contributed by atoms with Gasteiger partial charge in [-0.25, -0.2) is 0 Å². The third-order valence-corrected chi connectivity index (χ3v) is 16.2. The van der Waals surface area contributed by atoms with Crippen molar-refractivity contribution in [2.24, 2.45) is 0 Å². The van der Waals surface area contributed by atoms with Gasteiger partial charge in [-0.3, -0.25) is 14.2 Å². The predicted octanol–water partition coefficient (Wildman–Crippen LogP) is 20.5. The highest BCUT2D eigenvalue weighted by Crippen LogP contribution is 2.38. The Hall–Kier alpha value is -1.25. The van der Waals surface area contributed by atoms with E-state index in [4.69, 9.17) is 18.5 Å². The Morgan fingerprint density at radius 1 is 0.395 bits per heavy atom. The fourth-order valence-corrected chi connectivity index (χ4v) is 10.9. The lowest BCUT2D eigenvalue weighted by atomic mass is 10.0. The van der Waals surface area contributed by atoms with Crippen molar-refractivity contribution in [1.82, 2.24) is 0 Å². The highest BCUT2D eigenvalue weighted by atomic mass is 31.2. The van der Waals surface area contributed by atoms with E-state index < -0.39 is 26.5 Å². The number of unbranched alkanes of at least 4 members (excludes halogenated alkanes) is 47. The Morgan fingerprint density at radius 3 is 0.987 bits per heavy atom. The van der Waals surface area contributed by atoms with E-state index >= 15 is 0 Å². The van der Waals surface area contributed by atoms with Crippen LogP contribution in [0.15, 0.2) is 12.2 Å². The number of ether oxygens (including phenoxy) is 2. The first-order valence-corrected chi connectivity index (χ1v) is 34.9. The minimum Gasteiger partial charge on any atom is -0.756 e. The molecule has 0 aliphatic carbocycles. The monoisotopic (exact) mass is 1100 g/mol. The molecule has 0 saturated carbocycles. The molecule has 452 valence electrons. The molecule has 0 aliphatic heterocycles. The summed E-state index contributed by atoms with van der Waals surface area (Å²) in [5.41, 5.74) is 0. The van der Waals surface area contributed by atoms with E-state index in [-0.39, 0.29) is 32.0 Å². The lowest BCUT2D eigenvalue weighted by Gasteiger charge is -2.28. The maximum Gasteiger partial charge on any atom is 0.306 e. The molecule has 0 radical (unpaired) electrons. The first kappa shape index (κ1) is 74.8. The predicted molar refractivity (Wildman–Crippen MR) is 324 cm³/mol. The van der Waals surface area contributed by atoms with E-state index in [9.17, 15) is 19.0 Å². The van der Waals surface area contributed by atoms with Gasteiger partial charge in [0.15, 0.2) is 6.10 Å². The van der Waals surface area contributed by atoms with Crippen LogP contribution >= 0.6 is 7.82 Å². The lowest BCUT2D eigenvalue weighted by Crippen LogP contribution is -2.37. The topological polar surface area (TPSA) is 111 Å². The number of allylic oxidation sites excluding steroid dienone is 2. The fraction of sp³-hybridized carbons (Fsp3) is 0.939. The van der Waals surface area contributed by atoms with Crippen LogP contribution in [-0.4, -0.2) is 70.0 Å². The van der Waals surface area contributed by atoms with Crippen molar-refractivity contribution in [3.05, 3.63) is 12.2 Å². The van der Waals surface area contributed by atoms with Crippen molar-refractivity contribution >= 4 is 19.8 Å². The quantitative estimate of drug-likeness (QED) is 0.0195. The van der Waals surface area contributed by atoms with Crippen molar-refractivity contribution in [2.45, 2.75) is 354 Å². The van der Waals surface area contributed by atoms with Crippen molar-refractivity contribution in [3.63, 3.8) is 0 Å². The Balaban J connectivity index is 3.80. The van der Waals surface area contributed by atoms with Crippen molar-refractivity contribution < 1.29 is 42.1 Å². The summed E-state index contributed by atoms with van der Waals surface area (Å²) in [6.07, 6.45) is 70.4. The number of likely N-dealkylation sites (N-methyl/N-ethyl adjacent to an activating group) is 1. The second kappa shape index (κ2) is 58.4. The molecule has 0 rings (SSSR count). The zero-order valence-corrected chi connectivity index (χ0v) is 52.4. The summed E-state index contributed by atoms with van der Waals surface area (Å²) < 4.78 is 34.1. The SMILES string of the molecule is CCCCCC/C=C\CCCCCCCC(=O)OC(COC(=O)CCCCCCCCCCCCCCCCCCCCCCCCCCCCCCCCCCCCCCCCC)COP(=O)([O-])OCC[N+](C)(C)C. The van der Waals surface area contributed by atoms with Crippen LogP contribution in [0.2, 0.25) is 0 Å². The summed E-state index contributed by atoms with van der Waals surface area (Å²) in [5, 5.41) is 0. The summed E-state index contributed by atoms with van der Waals surface area (Å²) in [6, 6.07) is 0. The molecule has 0 saturated heterocycles. The lowest BCUT2D eigenvalue weighted by molar-refractivity contribution is -0.870. The average Bonchev–Trinajstić information content (AvgIpc) is 3.38. The number of hydrogen-bond donors (Lipinski definition) is 0. The smallest absolute Gasteiger partial charge is 0.306 e. The summed E-state index contributed by atoms with van der Waals surface area (Å²) in [5.74, 6) is -0.826. The second-order valence-electron chi connectivity index (χ2n) is 24.2. The minimum atomic E-state index is -4.63. The van der Waals surface area contributed by atoms with Gasteiger partial charge in [0.25, 0.3) is 7.82 Å². The van der Waals surface area contributed by atoms with Crippen molar-refractivity contribution in [2.75, 3.05) is 47.5 Å². The first-order chi connectivity index (χ1) is 37.0. The molecule has 0 amide bonds. The number of esters is 2. The highest BCUT2D eigenvalue weighted by Gasteiger charge is 2.22. The molecule has 0 aromatic rings. The average molecular weight is 1100 g/mol. The van der Waals surface area contributed by atoms with Crippen LogP contribution in [0.1, 0.15) is 348 Å². The van der Waals surface area contributed by atoms with E-state index in [2.05, 4.69) is 26.0 Å². The van der Waals surface area contributed by atoms with Gasteiger partial charge in [0.1, 0.15) is 19.8 Å². The molecule has 76 heavy (non-hydrogen) atoms. The summed E-state index contributed by atoms with van der Waals surface area (Å²) >= 11 is 0. The normalized spacial score (nSPS) is 13.2. The molecular formula is C66H130NO8P. The summed E-state index contributed by atoms with van der Waals surface area (Å²) in [4.78, 5) is 37.8. The third-order valence-electron chi connectivity index (χ3n) is 15.3. The van der Waals surface area contributed by atoms with Crippen LogP contribution in [0.3, 0.4) is 0 Å². The van der Waals surface area contributed by atoms with Gasteiger partial charge in [-0.05, 0) is 38.5 Å². The van der Waals surface area contributed by atoms with Crippen LogP contribution in [0.4, 0.5) is 0 Å². The van der Waals surface area contributed by atoms with E-state index in [0.29, 0.717) is 17.4 Å². The molecule has 0 aromatic carbocycles. The standard InChI is InChI=1S/C66H130NO8P/c1-6-8-10-12-14-16-18-20-21-22-23-24-25-26-27-28-29-30-31-32-33-34-35-36-37-38-39-40-41-42-43-44-45-47-48-50-52-54-56-58-65(68)72-62-64(63-74-76(70,71)73-61-60-67(3,4)5)75-66(69)59-57-55-53-51-49-46-19-17-15-13-11-9-7-2/h17,19,64H,6-16,18,20-63H2,1-5H3/b19-17-. The number of phosphoric ester groups is 1. The Labute approximate surface area is 473 Å². The second-order valence-corrected chi connectivity index (χ2v) is 25.6. The van der Waals surface area contributed by atoms with E-state index in [1.807, 2.05) is 21.1 Å². The molecule has 0 spiro atoms. The number of carbonyl (C=O) groups excluding carboxylic acids is 2. The van der Waals surface area contributed by atoms with Gasteiger partial charge in [0.2, 0.25) is 0 Å². The van der Waals surface area contributed by atoms with Crippen LogP contribution in [-0.2, 0) is 32.7 Å².